The summed E-state index contributed by atoms with van der Waals surface area (Å²) in [5.74, 6) is -1.85. The number of sulfonamides is 1. The molecule has 0 unspecified atom stereocenters. The Balaban J connectivity index is 1.43. The highest BCUT2D eigenvalue weighted by Gasteiger charge is 2.41. The molecule has 274 valence electrons. The third kappa shape index (κ3) is 8.78. The highest BCUT2D eigenvalue weighted by atomic mass is 32.2. The minimum atomic E-state index is -4.99. The van der Waals surface area contributed by atoms with E-state index in [1.165, 1.54) is 42.7 Å². The third-order valence-corrected chi connectivity index (χ3v) is 10.8. The van der Waals surface area contributed by atoms with Crippen molar-refractivity contribution in [2.75, 3.05) is 38.7 Å². The summed E-state index contributed by atoms with van der Waals surface area (Å²) in [6, 6.07) is 6.93. The van der Waals surface area contributed by atoms with Crippen molar-refractivity contribution in [1.29, 1.82) is 5.41 Å². The molecule has 4 aromatic rings. The lowest BCUT2D eigenvalue weighted by Crippen LogP contribution is -2.60. The summed E-state index contributed by atoms with van der Waals surface area (Å²) in [4.78, 5) is 29.0. The van der Waals surface area contributed by atoms with Crippen molar-refractivity contribution >= 4 is 48.3 Å². The van der Waals surface area contributed by atoms with E-state index < -0.39 is 46.2 Å². The SMILES string of the molecule is CON(C)C(=N)c1ncc2sc(N3CCN(S(=O)(=O)c4ccc(OC(F)(F)F)cc4)[C@@H](C(=O)NCc4ccc(OC(F)(F)F)cc4)C3)c(C)c2n1. The van der Waals surface area contributed by atoms with Gasteiger partial charge >= 0.3 is 12.7 Å². The number of nitrogens with zero attached hydrogens (tertiary/aromatic N) is 5. The lowest BCUT2D eigenvalue weighted by Gasteiger charge is -2.40. The minimum absolute atomic E-state index is 0.0946. The van der Waals surface area contributed by atoms with Gasteiger partial charge in [0.1, 0.15) is 17.5 Å². The molecule has 0 saturated carbocycles. The first-order valence-corrected chi connectivity index (χ1v) is 17.0. The lowest BCUT2D eigenvalue weighted by molar-refractivity contribution is -0.275. The smallest absolute Gasteiger partial charge is 0.406 e. The van der Waals surface area contributed by atoms with E-state index in [2.05, 4.69) is 24.8 Å². The van der Waals surface area contributed by atoms with E-state index in [9.17, 15) is 39.6 Å². The molecule has 51 heavy (non-hydrogen) atoms. The van der Waals surface area contributed by atoms with Gasteiger partial charge in [0, 0.05) is 45.0 Å². The molecule has 2 aromatic carbocycles. The molecule has 1 atom stereocenters. The number of alkyl halides is 6. The Bertz CT molecular complexity index is 2010. The highest BCUT2D eigenvalue weighted by Crippen LogP contribution is 2.38. The first-order valence-electron chi connectivity index (χ1n) is 14.7. The molecule has 2 aromatic heterocycles. The van der Waals surface area contributed by atoms with Gasteiger partial charge in [-0.3, -0.25) is 15.0 Å². The Labute approximate surface area is 290 Å². The number of thiophene rings is 1. The quantitative estimate of drug-likeness (QED) is 0.0998. The number of piperazine rings is 1. The van der Waals surface area contributed by atoms with Gasteiger partial charge in [-0.15, -0.1) is 37.7 Å². The molecule has 1 aliphatic heterocycles. The van der Waals surface area contributed by atoms with E-state index in [4.69, 9.17) is 10.2 Å². The van der Waals surface area contributed by atoms with Crippen LogP contribution in [0.4, 0.5) is 31.3 Å². The van der Waals surface area contributed by atoms with Gasteiger partial charge in [-0.1, -0.05) is 12.1 Å². The Morgan fingerprint density at radius 3 is 2.18 bits per heavy atom. The number of hydrogen-bond donors (Lipinski definition) is 2. The van der Waals surface area contributed by atoms with Gasteiger partial charge in [-0.2, -0.15) is 4.31 Å². The molecule has 0 bridgehead atoms. The van der Waals surface area contributed by atoms with E-state index in [1.807, 2.05) is 0 Å². The number of amides is 1. The summed E-state index contributed by atoms with van der Waals surface area (Å²) in [6.07, 6.45) is -8.35. The second-order valence-corrected chi connectivity index (χ2v) is 13.9. The van der Waals surface area contributed by atoms with E-state index in [0.717, 1.165) is 40.7 Å². The number of halogens is 6. The van der Waals surface area contributed by atoms with Crippen molar-refractivity contribution < 1.29 is 53.9 Å². The lowest BCUT2D eigenvalue weighted by atomic mass is 10.1. The summed E-state index contributed by atoms with van der Waals surface area (Å²) < 4.78 is 113. The average Bonchev–Trinajstić information content (AvgIpc) is 3.41. The van der Waals surface area contributed by atoms with Crippen LogP contribution in [0.25, 0.3) is 10.2 Å². The van der Waals surface area contributed by atoms with E-state index in [-0.39, 0.29) is 42.7 Å². The van der Waals surface area contributed by atoms with Crippen LogP contribution in [0, 0.1) is 12.3 Å². The van der Waals surface area contributed by atoms with Gasteiger partial charge in [0.2, 0.25) is 15.9 Å². The van der Waals surface area contributed by atoms with E-state index in [1.54, 1.807) is 18.0 Å². The topological polar surface area (TPSA) is 150 Å². The number of anilines is 1. The second kappa shape index (κ2) is 14.5. The normalized spacial score (nSPS) is 15.9. The van der Waals surface area contributed by atoms with Crippen LogP contribution in [0.1, 0.15) is 17.0 Å². The van der Waals surface area contributed by atoms with Crippen molar-refractivity contribution in [2.45, 2.75) is 37.1 Å². The van der Waals surface area contributed by atoms with Crippen molar-refractivity contribution in [2.24, 2.45) is 0 Å². The second-order valence-electron chi connectivity index (χ2n) is 11.0. The number of ether oxygens (including phenoxy) is 2. The van der Waals surface area contributed by atoms with Crippen LogP contribution >= 0.6 is 11.3 Å². The fraction of sp³-hybridized carbons (Fsp3) is 0.333. The Hall–Kier alpha value is -4.73. The maximum Gasteiger partial charge on any atom is 0.573 e. The molecular weight excluding hydrogens is 732 g/mol. The monoisotopic (exact) mass is 761 g/mol. The number of fused-ring (bicyclic) bond motifs is 1. The number of aromatic nitrogens is 2. The molecule has 1 aliphatic rings. The summed E-state index contributed by atoms with van der Waals surface area (Å²) >= 11 is 1.29. The van der Waals surface area contributed by atoms with Crippen LogP contribution in [0.2, 0.25) is 0 Å². The molecule has 1 saturated heterocycles. The molecule has 0 radical (unpaired) electrons. The van der Waals surface area contributed by atoms with Crippen molar-refractivity contribution in [1.82, 2.24) is 24.7 Å². The number of carbonyl (C=O) groups excluding carboxylic acids is 1. The number of aryl methyl sites for hydroxylation is 1. The van der Waals surface area contributed by atoms with Crippen LogP contribution < -0.4 is 19.7 Å². The van der Waals surface area contributed by atoms with E-state index >= 15 is 0 Å². The van der Waals surface area contributed by atoms with Crippen LogP contribution in [0.3, 0.4) is 0 Å². The maximum atomic E-state index is 13.9. The number of nitrogens with one attached hydrogen (secondary N) is 2. The molecule has 0 aliphatic carbocycles. The molecule has 21 heteroatoms. The minimum Gasteiger partial charge on any atom is -0.406 e. The summed E-state index contributed by atoms with van der Waals surface area (Å²) in [5, 5.41) is 12.7. The first kappa shape index (κ1) is 37.5. The number of benzene rings is 2. The predicted octanol–water partition coefficient (Wildman–Crippen LogP) is 4.81. The molecule has 2 N–H and O–H groups in total. The number of hydroxylamine groups is 2. The average molecular weight is 762 g/mol. The first-order chi connectivity index (χ1) is 23.9. The maximum absolute atomic E-state index is 13.9. The summed E-state index contributed by atoms with van der Waals surface area (Å²) in [5.41, 5.74) is 1.60. The fourth-order valence-corrected chi connectivity index (χ4v) is 7.88. The molecule has 1 fully saturated rings. The van der Waals surface area contributed by atoms with Gasteiger partial charge in [0.05, 0.1) is 27.2 Å². The molecular formula is C30H29F6N7O6S2. The Kier molecular flexibility index (Phi) is 10.7. The highest BCUT2D eigenvalue weighted by molar-refractivity contribution is 7.89. The standard InChI is InChI=1S/C30H29F6N7O6S2/c1-17-24-23(15-38-26(40-24)25(37)41(2)47-3)50-28(17)42-12-13-43(51(45,46)21-10-8-20(9-11-21)49-30(34,35)36)22(16-42)27(44)39-14-18-4-6-19(7-5-18)48-29(31,32)33/h4-11,15,22,37H,12-14,16H2,1-3H3,(H,39,44)/t22-/m1/s1. The summed E-state index contributed by atoms with van der Waals surface area (Å²) in [6.45, 7) is 1.34. The van der Waals surface area contributed by atoms with Gasteiger partial charge in [0.15, 0.2) is 11.7 Å². The molecule has 13 nitrogen and oxygen atoms in total. The molecule has 1 amide bonds. The van der Waals surface area contributed by atoms with Crippen molar-refractivity contribution in [3.8, 4) is 11.5 Å². The van der Waals surface area contributed by atoms with Crippen LogP contribution in [-0.4, -0.2) is 92.1 Å². The Morgan fingerprint density at radius 2 is 1.61 bits per heavy atom. The molecule has 0 spiro atoms. The fourth-order valence-electron chi connectivity index (χ4n) is 5.16. The van der Waals surface area contributed by atoms with Gasteiger partial charge < -0.3 is 19.7 Å². The van der Waals surface area contributed by atoms with Gasteiger partial charge in [0.25, 0.3) is 0 Å². The number of rotatable bonds is 10. The third-order valence-electron chi connectivity index (χ3n) is 7.65. The zero-order valence-corrected chi connectivity index (χ0v) is 28.5. The largest absolute Gasteiger partial charge is 0.573 e. The summed E-state index contributed by atoms with van der Waals surface area (Å²) in [7, 11) is -1.56. The van der Waals surface area contributed by atoms with Crippen molar-refractivity contribution in [3.05, 3.63) is 71.7 Å². The number of amidine groups is 1. The predicted molar refractivity (Wildman–Crippen MR) is 172 cm³/mol. The van der Waals surface area contributed by atoms with Crippen LogP contribution in [0.5, 0.6) is 11.5 Å². The zero-order valence-electron chi connectivity index (χ0n) is 26.9. The molecule has 5 rings (SSSR count). The number of hydrogen-bond acceptors (Lipinski definition) is 11. The zero-order chi connectivity index (χ0) is 37.3. The van der Waals surface area contributed by atoms with Crippen LogP contribution in [0.15, 0.2) is 59.6 Å². The Morgan fingerprint density at radius 1 is 1.02 bits per heavy atom. The van der Waals surface area contributed by atoms with Gasteiger partial charge in [-0.05, 0) is 48.9 Å². The van der Waals surface area contributed by atoms with Gasteiger partial charge in [-0.25, -0.2) is 23.4 Å². The van der Waals surface area contributed by atoms with E-state index in [0.29, 0.717) is 26.3 Å². The number of carbonyl (C=O) groups is 1. The molecule has 3 heterocycles. The van der Waals surface area contributed by atoms with Crippen molar-refractivity contribution in [3.63, 3.8) is 0 Å². The van der Waals surface area contributed by atoms with Crippen LogP contribution in [-0.2, 0) is 26.2 Å².